The molecule has 1 amide bonds. The van der Waals surface area contributed by atoms with Crippen LogP contribution in [-0.4, -0.2) is 76.1 Å². The molecule has 0 radical (unpaired) electrons. The number of carbonyl (C=O) groups excluding carboxylic acids is 1. The molecule has 8 nitrogen and oxygen atoms in total. The fourth-order valence-corrected chi connectivity index (χ4v) is 6.16. The first-order valence-corrected chi connectivity index (χ1v) is 11.7. The lowest BCUT2D eigenvalue weighted by molar-refractivity contribution is -0.119. The SMILES string of the molecule is COc1ccc(NC(=O)[C@H]2C[C@@H]3CCCCN3C2)cc1S(=O)(=O)N1CCOCC1. The number of ether oxygens (including phenoxy) is 2. The van der Waals surface area contributed by atoms with E-state index in [9.17, 15) is 13.2 Å². The Bertz CT molecular complexity index is 840. The lowest BCUT2D eigenvalue weighted by Gasteiger charge is -2.28. The maximum Gasteiger partial charge on any atom is 0.246 e. The molecule has 160 valence electrons. The van der Waals surface area contributed by atoms with Crippen LogP contribution in [0, 0.1) is 5.92 Å². The Morgan fingerprint density at radius 2 is 2.00 bits per heavy atom. The summed E-state index contributed by atoms with van der Waals surface area (Å²) >= 11 is 0. The number of morpholine rings is 1. The number of anilines is 1. The monoisotopic (exact) mass is 423 g/mol. The van der Waals surface area contributed by atoms with Crippen molar-refractivity contribution in [3.05, 3.63) is 18.2 Å². The van der Waals surface area contributed by atoms with Gasteiger partial charge >= 0.3 is 0 Å². The van der Waals surface area contributed by atoms with E-state index in [-0.39, 0.29) is 22.5 Å². The molecule has 29 heavy (non-hydrogen) atoms. The Morgan fingerprint density at radius 1 is 1.21 bits per heavy atom. The van der Waals surface area contributed by atoms with Crippen molar-refractivity contribution >= 4 is 21.6 Å². The third-order valence-corrected chi connectivity index (χ3v) is 8.07. The van der Waals surface area contributed by atoms with Crippen LogP contribution >= 0.6 is 0 Å². The summed E-state index contributed by atoms with van der Waals surface area (Å²) in [7, 11) is -2.29. The zero-order valence-electron chi connectivity index (χ0n) is 16.8. The van der Waals surface area contributed by atoms with Gasteiger partial charge in [-0.3, -0.25) is 9.69 Å². The topological polar surface area (TPSA) is 88.2 Å². The van der Waals surface area contributed by atoms with Gasteiger partial charge in [-0.15, -0.1) is 0 Å². The van der Waals surface area contributed by atoms with Crippen LogP contribution in [0.15, 0.2) is 23.1 Å². The van der Waals surface area contributed by atoms with Gasteiger partial charge in [-0.05, 0) is 44.0 Å². The number of carbonyl (C=O) groups is 1. The molecule has 1 aromatic carbocycles. The molecule has 1 aromatic rings. The molecule has 0 saturated carbocycles. The number of nitrogens with one attached hydrogen (secondary N) is 1. The van der Waals surface area contributed by atoms with E-state index < -0.39 is 10.0 Å². The molecule has 1 N–H and O–H groups in total. The molecule has 0 aliphatic carbocycles. The Morgan fingerprint density at radius 3 is 2.72 bits per heavy atom. The van der Waals surface area contributed by atoms with E-state index >= 15 is 0 Å². The van der Waals surface area contributed by atoms with Crippen LogP contribution in [0.5, 0.6) is 5.75 Å². The molecule has 0 unspecified atom stereocenters. The van der Waals surface area contributed by atoms with Crippen LogP contribution in [0.3, 0.4) is 0 Å². The van der Waals surface area contributed by atoms with Crippen molar-refractivity contribution in [3.63, 3.8) is 0 Å². The first kappa shape index (κ1) is 20.6. The molecule has 3 fully saturated rings. The van der Waals surface area contributed by atoms with E-state index in [2.05, 4.69) is 10.2 Å². The van der Waals surface area contributed by atoms with Gasteiger partial charge in [0, 0.05) is 31.4 Å². The number of piperidine rings is 1. The minimum atomic E-state index is -3.73. The molecule has 4 rings (SSSR count). The summed E-state index contributed by atoms with van der Waals surface area (Å²) in [6.07, 6.45) is 4.47. The molecule has 9 heteroatoms. The second kappa shape index (κ2) is 8.59. The number of rotatable bonds is 5. The zero-order valence-corrected chi connectivity index (χ0v) is 17.6. The summed E-state index contributed by atoms with van der Waals surface area (Å²) in [6, 6.07) is 5.30. The molecule has 3 aliphatic heterocycles. The summed E-state index contributed by atoms with van der Waals surface area (Å²) < 4.78 is 38.2. The van der Waals surface area contributed by atoms with Gasteiger partial charge in [-0.25, -0.2) is 8.42 Å². The summed E-state index contributed by atoms with van der Waals surface area (Å²) in [4.78, 5) is 15.3. The molecule has 0 aromatic heterocycles. The number of benzene rings is 1. The van der Waals surface area contributed by atoms with Crippen LogP contribution in [-0.2, 0) is 19.6 Å². The first-order valence-electron chi connectivity index (χ1n) is 10.3. The summed E-state index contributed by atoms with van der Waals surface area (Å²) in [5, 5.41) is 2.93. The zero-order chi connectivity index (χ0) is 20.4. The fourth-order valence-electron chi connectivity index (χ4n) is 4.57. The van der Waals surface area contributed by atoms with Crippen molar-refractivity contribution in [1.29, 1.82) is 0 Å². The van der Waals surface area contributed by atoms with Crippen LogP contribution in [0.25, 0.3) is 0 Å². The molecule has 3 saturated heterocycles. The third kappa shape index (κ3) is 4.28. The van der Waals surface area contributed by atoms with Gasteiger partial charge < -0.3 is 14.8 Å². The summed E-state index contributed by atoms with van der Waals surface area (Å²) in [5.74, 6) is 0.172. The number of hydrogen-bond donors (Lipinski definition) is 1. The fraction of sp³-hybridized carbons (Fsp3) is 0.650. The van der Waals surface area contributed by atoms with E-state index in [1.807, 2.05) is 0 Å². The van der Waals surface area contributed by atoms with Gasteiger partial charge in [0.25, 0.3) is 0 Å². The Kier molecular flexibility index (Phi) is 6.10. The minimum Gasteiger partial charge on any atom is -0.495 e. The Hall–Kier alpha value is -1.68. The van der Waals surface area contributed by atoms with Crippen molar-refractivity contribution in [3.8, 4) is 5.75 Å². The lowest BCUT2D eigenvalue weighted by atomic mass is 9.99. The number of amides is 1. The standard InChI is InChI=1S/C20H29N3O5S/c1-27-18-6-5-16(13-19(18)29(25,26)23-8-10-28-11-9-23)21-20(24)15-12-17-4-2-3-7-22(17)14-15/h5-6,13,15,17H,2-4,7-12,14H2,1H3,(H,21,24)/t15-,17-/m0/s1. The quantitative estimate of drug-likeness (QED) is 0.773. The van der Waals surface area contributed by atoms with Gasteiger partial charge in [-0.1, -0.05) is 6.42 Å². The van der Waals surface area contributed by atoms with Crippen LogP contribution in [0.2, 0.25) is 0 Å². The normalized spacial score (nSPS) is 26.1. The van der Waals surface area contributed by atoms with Gasteiger partial charge in [0.2, 0.25) is 15.9 Å². The largest absolute Gasteiger partial charge is 0.495 e. The van der Waals surface area contributed by atoms with Crippen LogP contribution < -0.4 is 10.1 Å². The van der Waals surface area contributed by atoms with Crippen molar-refractivity contribution in [2.75, 3.05) is 51.8 Å². The molecule has 2 atom stereocenters. The molecule has 3 heterocycles. The third-order valence-electron chi connectivity index (χ3n) is 6.15. The van der Waals surface area contributed by atoms with Crippen LogP contribution in [0.1, 0.15) is 25.7 Å². The summed E-state index contributed by atoms with van der Waals surface area (Å²) in [5.41, 5.74) is 0.479. The molecular formula is C20H29N3O5S. The molecule has 0 bridgehead atoms. The maximum atomic E-state index is 13.1. The van der Waals surface area contributed by atoms with Crippen molar-refractivity contribution in [1.82, 2.24) is 9.21 Å². The minimum absolute atomic E-state index is 0.0423. The average molecular weight is 424 g/mol. The van der Waals surface area contributed by atoms with E-state index in [0.717, 1.165) is 25.9 Å². The number of nitrogens with zero attached hydrogens (tertiary/aromatic N) is 2. The number of sulfonamides is 1. The number of fused-ring (bicyclic) bond motifs is 1. The van der Waals surface area contributed by atoms with Gasteiger partial charge in [0.05, 0.1) is 26.2 Å². The Labute approximate surface area is 172 Å². The second-order valence-electron chi connectivity index (χ2n) is 7.95. The predicted molar refractivity (Wildman–Crippen MR) is 109 cm³/mol. The van der Waals surface area contributed by atoms with E-state index in [0.29, 0.717) is 38.0 Å². The van der Waals surface area contributed by atoms with Crippen molar-refractivity contribution < 1.29 is 22.7 Å². The number of methoxy groups -OCH3 is 1. The van der Waals surface area contributed by atoms with Crippen LogP contribution in [0.4, 0.5) is 5.69 Å². The highest BCUT2D eigenvalue weighted by Gasteiger charge is 2.37. The molecular weight excluding hydrogens is 394 g/mol. The van der Waals surface area contributed by atoms with Gasteiger partial charge in [-0.2, -0.15) is 4.31 Å². The number of hydrogen-bond acceptors (Lipinski definition) is 6. The molecule has 3 aliphatic rings. The highest BCUT2D eigenvalue weighted by atomic mass is 32.2. The van der Waals surface area contributed by atoms with Crippen molar-refractivity contribution in [2.24, 2.45) is 5.92 Å². The van der Waals surface area contributed by atoms with E-state index in [1.165, 1.54) is 30.3 Å². The second-order valence-corrected chi connectivity index (χ2v) is 9.85. The highest BCUT2D eigenvalue weighted by molar-refractivity contribution is 7.89. The molecule has 0 spiro atoms. The Balaban J connectivity index is 1.51. The van der Waals surface area contributed by atoms with E-state index in [1.54, 1.807) is 12.1 Å². The van der Waals surface area contributed by atoms with Crippen molar-refractivity contribution in [2.45, 2.75) is 36.6 Å². The van der Waals surface area contributed by atoms with Gasteiger partial charge in [0.1, 0.15) is 10.6 Å². The van der Waals surface area contributed by atoms with Gasteiger partial charge in [0.15, 0.2) is 0 Å². The average Bonchev–Trinajstić information content (AvgIpc) is 3.19. The lowest BCUT2D eigenvalue weighted by Crippen LogP contribution is -2.40. The predicted octanol–water partition coefficient (Wildman–Crippen LogP) is 1.53. The maximum absolute atomic E-state index is 13.1. The summed E-state index contributed by atoms with van der Waals surface area (Å²) in [6.45, 7) is 3.21. The smallest absolute Gasteiger partial charge is 0.246 e. The van der Waals surface area contributed by atoms with E-state index in [4.69, 9.17) is 9.47 Å². The highest BCUT2D eigenvalue weighted by Crippen LogP contribution is 2.33. The first-order chi connectivity index (χ1) is 14.0.